The summed E-state index contributed by atoms with van der Waals surface area (Å²) in [7, 11) is 0. The summed E-state index contributed by atoms with van der Waals surface area (Å²) in [6.45, 7) is 1.54. The van der Waals surface area contributed by atoms with Gasteiger partial charge in [0, 0.05) is 24.4 Å². The van der Waals surface area contributed by atoms with Gasteiger partial charge in [0.25, 0.3) is 0 Å². The number of nitrogens with zero attached hydrogens (tertiary/aromatic N) is 4. The number of anilines is 1. The van der Waals surface area contributed by atoms with Crippen LogP contribution in [0, 0.1) is 5.82 Å². The molecular formula is C28H23FN6O. The number of nitrogens with two attached hydrogens (primary N) is 1. The molecule has 1 amide bonds. The maximum atomic E-state index is 13.9. The average Bonchev–Trinajstić information content (AvgIpc) is 3.44. The predicted molar refractivity (Wildman–Crippen MR) is 137 cm³/mol. The quantitative estimate of drug-likeness (QED) is 0.379. The molecule has 3 N–H and O–H groups in total. The molecule has 0 bridgehead atoms. The van der Waals surface area contributed by atoms with Gasteiger partial charge in [0.15, 0.2) is 11.5 Å². The molecule has 0 radical (unpaired) electrons. The van der Waals surface area contributed by atoms with E-state index in [4.69, 9.17) is 15.7 Å². The Hall–Kier alpha value is -4.59. The van der Waals surface area contributed by atoms with E-state index in [9.17, 15) is 9.18 Å². The Kier molecular flexibility index (Phi) is 5.21. The number of aryl methyl sites for hydroxylation is 1. The lowest BCUT2D eigenvalue weighted by Crippen LogP contribution is -2.24. The Labute approximate surface area is 206 Å². The molecule has 1 atom stereocenters. The Morgan fingerprint density at radius 2 is 1.97 bits per heavy atom. The van der Waals surface area contributed by atoms with E-state index < -0.39 is 0 Å². The number of imidazole rings is 1. The maximum Gasteiger partial charge on any atom is 0.217 e. The summed E-state index contributed by atoms with van der Waals surface area (Å²) in [6.07, 6.45) is 3.35. The standard InChI is InChI=1S/C28H23FN6O/c1-16(36)32-24-10-7-17-15-20(8-9-21(17)24)35-27(22-6-3-13-31-26(22)30)34-25-12-11-23(33-28(25)35)18-4-2-5-19(29)14-18/h2-6,8-9,11-15,24H,7,10H2,1H3,(H2,30,31)(H,32,36)/t24-/m0/s1. The topological polar surface area (TPSA) is 98.7 Å². The molecule has 6 rings (SSSR count). The van der Waals surface area contributed by atoms with Gasteiger partial charge in [-0.15, -0.1) is 0 Å². The third-order valence-corrected chi connectivity index (χ3v) is 6.54. The van der Waals surface area contributed by atoms with Crippen molar-refractivity contribution in [1.82, 2.24) is 24.8 Å². The first kappa shape index (κ1) is 21.9. The fourth-order valence-corrected chi connectivity index (χ4v) is 4.94. The number of halogens is 1. The van der Waals surface area contributed by atoms with Crippen LogP contribution in [0.5, 0.6) is 0 Å². The zero-order chi connectivity index (χ0) is 24.8. The van der Waals surface area contributed by atoms with Crippen LogP contribution in [-0.2, 0) is 11.2 Å². The van der Waals surface area contributed by atoms with Crippen molar-refractivity contribution in [2.75, 3.05) is 5.73 Å². The highest BCUT2D eigenvalue weighted by atomic mass is 19.1. The molecule has 3 heterocycles. The van der Waals surface area contributed by atoms with Crippen LogP contribution in [0.3, 0.4) is 0 Å². The second-order valence-corrected chi connectivity index (χ2v) is 8.93. The van der Waals surface area contributed by atoms with E-state index in [2.05, 4.69) is 22.4 Å². The van der Waals surface area contributed by atoms with Crippen LogP contribution in [0.4, 0.5) is 10.2 Å². The number of carbonyl (C=O) groups excluding carboxylic acids is 1. The van der Waals surface area contributed by atoms with Gasteiger partial charge in [-0.2, -0.15) is 0 Å². The van der Waals surface area contributed by atoms with Gasteiger partial charge in [0.05, 0.1) is 17.3 Å². The van der Waals surface area contributed by atoms with Crippen LogP contribution in [-0.4, -0.2) is 25.4 Å². The smallest absolute Gasteiger partial charge is 0.217 e. The number of hydrogen-bond acceptors (Lipinski definition) is 5. The first-order valence-electron chi connectivity index (χ1n) is 11.7. The van der Waals surface area contributed by atoms with Crippen molar-refractivity contribution < 1.29 is 9.18 Å². The summed E-state index contributed by atoms with van der Waals surface area (Å²) in [5.41, 5.74) is 12.7. The highest BCUT2D eigenvalue weighted by molar-refractivity contribution is 5.84. The molecule has 36 heavy (non-hydrogen) atoms. The van der Waals surface area contributed by atoms with E-state index in [0.717, 1.165) is 24.1 Å². The summed E-state index contributed by atoms with van der Waals surface area (Å²) in [4.78, 5) is 25.7. The molecule has 0 fully saturated rings. The number of benzene rings is 2. The van der Waals surface area contributed by atoms with Crippen LogP contribution in [0.25, 0.3) is 39.5 Å². The molecule has 7 nitrogen and oxygen atoms in total. The molecule has 8 heteroatoms. The molecule has 0 saturated heterocycles. The van der Waals surface area contributed by atoms with Gasteiger partial charge in [-0.3, -0.25) is 9.36 Å². The molecule has 5 aromatic rings. The molecule has 1 aliphatic carbocycles. The van der Waals surface area contributed by atoms with E-state index >= 15 is 0 Å². The third kappa shape index (κ3) is 3.76. The van der Waals surface area contributed by atoms with Crippen molar-refractivity contribution in [2.24, 2.45) is 0 Å². The lowest BCUT2D eigenvalue weighted by Gasteiger charge is -2.15. The second kappa shape index (κ2) is 8.57. The Bertz CT molecular complexity index is 1640. The Morgan fingerprint density at radius 1 is 1.08 bits per heavy atom. The summed E-state index contributed by atoms with van der Waals surface area (Å²) in [5.74, 6) is 0.627. The van der Waals surface area contributed by atoms with Crippen LogP contribution >= 0.6 is 0 Å². The molecular weight excluding hydrogens is 455 g/mol. The number of nitrogen functional groups attached to an aromatic ring is 1. The van der Waals surface area contributed by atoms with Crippen LogP contribution in [0.15, 0.2) is 72.9 Å². The fourth-order valence-electron chi connectivity index (χ4n) is 4.94. The van der Waals surface area contributed by atoms with E-state index in [1.807, 2.05) is 41.0 Å². The molecule has 3 aromatic heterocycles. The Morgan fingerprint density at radius 3 is 2.78 bits per heavy atom. The van der Waals surface area contributed by atoms with E-state index in [1.54, 1.807) is 12.3 Å². The number of hydrogen-bond donors (Lipinski definition) is 2. The van der Waals surface area contributed by atoms with Gasteiger partial charge < -0.3 is 11.1 Å². The second-order valence-electron chi connectivity index (χ2n) is 8.93. The third-order valence-electron chi connectivity index (χ3n) is 6.54. The van der Waals surface area contributed by atoms with E-state index in [1.165, 1.54) is 24.6 Å². The minimum absolute atomic E-state index is 0.0113. The highest BCUT2D eigenvalue weighted by Gasteiger charge is 2.25. The van der Waals surface area contributed by atoms with Crippen molar-refractivity contribution in [3.8, 4) is 28.3 Å². The number of pyridine rings is 2. The molecule has 2 aromatic carbocycles. The van der Waals surface area contributed by atoms with Crippen molar-refractivity contribution in [3.05, 3.63) is 89.9 Å². The maximum absolute atomic E-state index is 13.9. The largest absolute Gasteiger partial charge is 0.383 e. The van der Waals surface area contributed by atoms with Gasteiger partial charge in [-0.1, -0.05) is 18.2 Å². The number of amides is 1. The molecule has 0 unspecified atom stereocenters. The fraction of sp³-hybridized carbons (Fsp3) is 0.143. The van der Waals surface area contributed by atoms with Crippen molar-refractivity contribution >= 4 is 22.9 Å². The van der Waals surface area contributed by atoms with Crippen molar-refractivity contribution in [2.45, 2.75) is 25.8 Å². The van der Waals surface area contributed by atoms with Crippen LogP contribution in [0.1, 0.15) is 30.5 Å². The first-order chi connectivity index (χ1) is 17.5. The number of nitrogens with one attached hydrogen (secondary N) is 1. The zero-order valence-corrected chi connectivity index (χ0v) is 19.6. The van der Waals surface area contributed by atoms with Crippen molar-refractivity contribution in [3.63, 3.8) is 0 Å². The summed E-state index contributed by atoms with van der Waals surface area (Å²) in [6, 6.07) is 20.0. The average molecular weight is 479 g/mol. The molecule has 0 aliphatic heterocycles. The molecule has 0 spiro atoms. The monoisotopic (exact) mass is 478 g/mol. The number of aromatic nitrogens is 4. The van der Waals surface area contributed by atoms with Gasteiger partial charge in [0.1, 0.15) is 17.2 Å². The molecule has 0 saturated carbocycles. The van der Waals surface area contributed by atoms with Crippen LogP contribution < -0.4 is 11.1 Å². The predicted octanol–water partition coefficient (Wildman–Crippen LogP) is 4.99. The SMILES string of the molecule is CC(=O)N[C@H]1CCc2cc(-n3c(-c4cccnc4N)nc4ccc(-c5cccc(F)c5)nc43)ccc21. The number of fused-ring (bicyclic) bond motifs is 2. The zero-order valence-electron chi connectivity index (χ0n) is 19.6. The van der Waals surface area contributed by atoms with Crippen molar-refractivity contribution in [1.29, 1.82) is 0 Å². The number of rotatable bonds is 4. The highest BCUT2D eigenvalue weighted by Crippen LogP contribution is 2.36. The minimum Gasteiger partial charge on any atom is -0.383 e. The summed E-state index contributed by atoms with van der Waals surface area (Å²) < 4.78 is 15.9. The first-order valence-corrected chi connectivity index (χ1v) is 11.7. The van der Waals surface area contributed by atoms with Gasteiger partial charge >= 0.3 is 0 Å². The normalized spacial score (nSPS) is 14.7. The van der Waals surface area contributed by atoms with Gasteiger partial charge in [-0.05, 0) is 72.5 Å². The number of carbonyl (C=O) groups is 1. The summed E-state index contributed by atoms with van der Waals surface area (Å²) >= 11 is 0. The van der Waals surface area contributed by atoms with Gasteiger partial charge in [-0.25, -0.2) is 19.3 Å². The molecule has 178 valence electrons. The molecule has 1 aliphatic rings. The Balaban J connectivity index is 1.56. The van der Waals surface area contributed by atoms with E-state index in [-0.39, 0.29) is 17.8 Å². The van der Waals surface area contributed by atoms with E-state index in [0.29, 0.717) is 39.6 Å². The summed E-state index contributed by atoms with van der Waals surface area (Å²) in [5, 5.41) is 3.03. The lowest BCUT2D eigenvalue weighted by molar-refractivity contribution is -0.119. The lowest BCUT2D eigenvalue weighted by atomic mass is 10.1. The van der Waals surface area contributed by atoms with Crippen LogP contribution in [0.2, 0.25) is 0 Å². The van der Waals surface area contributed by atoms with Gasteiger partial charge in [0.2, 0.25) is 5.91 Å². The minimum atomic E-state index is -0.320.